The second-order valence-corrected chi connectivity index (χ2v) is 8.52. The first-order valence-corrected chi connectivity index (χ1v) is 10.8. The molecule has 170 valence electrons. The zero-order valence-electron chi connectivity index (χ0n) is 16.4. The van der Waals surface area contributed by atoms with Crippen LogP contribution in [0.5, 0.6) is 5.75 Å². The summed E-state index contributed by atoms with van der Waals surface area (Å²) in [6, 6.07) is 13.3. The van der Waals surface area contributed by atoms with Gasteiger partial charge in [0.15, 0.2) is 0 Å². The Morgan fingerprint density at radius 2 is 1.64 bits per heavy atom. The maximum Gasteiger partial charge on any atom is 0.312 e. The van der Waals surface area contributed by atoms with Gasteiger partial charge in [-0.25, -0.2) is 8.42 Å². The molecule has 3 aromatic carbocycles. The number of hydrogen-bond acceptors (Lipinski definition) is 9. The van der Waals surface area contributed by atoms with Crippen LogP contribution in [0.15, 0.2) is 70.7 Å². The van der Waals surface area contributed by atoms with Crippen molar-refractivity contribution < 1.29 is 23.4 Å². The number of phenolic OH excluding ortho intramolecular Hbond substituents is 1. The highest BCUT2D eigenvalue weighted by molar-refractivity contribution is 7.92. The Bertz CT molecular complexity index is 1360. The van der Waals surface area contributed by atoms with E-state index < -0.39 is 37.0 Å². The Morgan fingerprint density at radius 1 is 0.970 bits per heavy atom. The van der Waals surface area contributed by atoms with Crippen molar-refractivity contribution >= 4 is 50.6 Å². The van der Waals surface area contributed by atoms with Gasteiger partial charge in [-0.15, -0.1) is 0 Å². The van der Waals surface area contributed by atoms with Gasteiger partial charge >= 0.3 is 5.69 Å². The van der Waals surface area contributed by atoms with Gasteiger partial charge in [-0.1, -0.05) is 29.8 Å². The van der Waals surface area contributed by atoms with Gasteiger partial charge in [0, 0.05) is 28.4 Å². The summed E-state index contributed by atoms with van der Waals surface area (Å²) in [4.78, 5) is 20.5. The number of nitrogens with one attached hydrogen (secondary N) is 2. The van der Waals surface area contributed by atoms with Crippen molar-refractivity contribution in [2.75, 3.05) is 10.1 Å². The van der Waals surface area contributed by atoms with E-state index in [0.717, 1.165) is 30.5 Å². The summed E-state index contributed by atoms with van der Waals surface area (Å²) in [5.41, 5.74) is 1.12. The molecule has 0 spiro atoms. The van der Waals surface area contributed by atoms with Gasteiger partial charge in [0.2, 0.25) is 5.75 Å². The molecule has 33 heavy (non-hydrogen) atoms. The molecule has 0 radical (unpaired) electrons. The van der Waals surface area contributed by atoms with E-state index in [-0.39, 0.29) is 26.9 Å². The van der Waals surface area contributed by atoms with Crippen LogP contribution in [0, 0.1) is 20.2 Å². The van der Waals surface area contributed by atoms with Crippen molar-refractivity contribution in [1.82, 2.24) is 0 Å². The van der Waals surface area contributed by atoms with Gasteiger partial charge in [0.1, 0.15) is 5.69 Å². The molecule has 0 aliphatic heterocycles. The molecule has 0 aliphatic carbocycles. The number of nitro benzene ring substituents is 2. The van der Waals surface area contributed by atoms with E-state index in [1.54, 1.807) is 18.2 Å². The zero-order chi connectivity index (χ0) is 24.2. The third-order valence-corrected chi connectivity index (χ3v) is 5.77. The average Bonchev–Trinajstić information content (AvgIpc) is 2.76. The first-order valence-electron chi connectivity index (χ1n) is 8.91. The average molecular weight is 492 g/mol. The molecule has 0 saturated carbocycles. The number of hydrogen-bond donors (Lipinski definition) is 3. The Labute approximate surface area is 191 Å². The quantitative estimate of drug-likeness (QED) is 0.239. The molecule has 0 saturated heterocycles. The van der Waals surface area contributed by atoms with Crippen LogP contribution in [0.1, 0.15) is 5.56 Å². The van der Waals surface area contributed by atoms with Crippen LogP contribution >= 0.6 is 11.6 Å². The number of anilines is 2. The van der Waals surface area contributed by atoms with Gasteiger partial charge in [0.25, 0.3) is 15.7 Å². The normalized spacial score (nSPS) is 11.3. The highest BCUT2D eigenvalue weighted by Crippen LogP contribution is 2.33. The standard InChI is InChI=1S/C19H14ClN5O7S/c20-13-8-12(19(26)18(9-13)25(29)30)11-21-22-16-7-6-15(10-17(16)24(27)28)33(31,32)23-14-4-2-1-3-5-14/h1-11,22-23,26H. The highest BCUT2D eigenvalue weighted by Gasteiger charge is 2.22. The van der Waals surface area contributed by atoms with Gasteiger partial charge in [0.05, 0.1) is 21.0 Å². The van der Waals surface area contributed by atoms with E-state index in [1.807, 2.05) is 0 Å². The molecule has 0 heterocycles. The van der Waals surface area contributed by atoms with E-state index in [2.05, 4.69) is 15.2 Å². The number of phenols is 1. The molecule has 3 N–H and O–H groups in total. The van der Waals surface area contributed by atoms with E-state index in [1.165, 1.54) is 18.2 Å². The van der Waals surface area contributed by atoms with Crippen molar-refractivity contribution in [2.45, 2.75) is 4.90 Å². The van der Waals surface area contributed by atoms with E-state index >= 15 is 0 Å². The number of para-hydroxylation sites is 1. The molecular formula is C19H14ClN5O7S. The van der Waals surface area contributed by atoms with Crippen LogP contribution < -0.4 is 10.1 Å². The molecule has 0 bridgehead atoms. The van der Waals surface area contributed by atoms with Crippen LogP contribution in [0.2, 0.25) is 5.02 Å². The fourth-order valence-corrected chi connectivity index (χ4v) is 3.96. The smallest absolute Gasteiger partial charge is 0.312 e. The molecule has 3 aromatic rings. The largest absolute Gasteiger partial charge is 0.502 e. The predicted octanol–water partition coefficient (Wildman–Crippen LogP) is 4.11. The Balaban J connectivity index is 1.88. The van der Waals surface area contributed by atoms with Gasteiger partial charge in [-0.05, 0) is 30.3 Å². The Kier molecular flexibility index (Phi) is 6.75. The second kappa shape index (κ2) is 9.50. The van der Waals surface area contributed by atoms with Crippen molar-refractivity contribution in [2.24, 2.45) is 5.10 Å². The summed E-state index contributed by atoms with van der Waals surface area (Å²) in [5, 5.41) is 36.1. The van der Waals surface area contributed by atoms with Crippen LogP contribution in [0.25, 0.3) is 0 Å². The number of rotatable bonds is 8. The fourth-order valence-electron chi connectivity index (χ4n) is 2.66. The van der Waals surface area contributed by atoms with E-state index in [4.69, 9.17) is 11.6 Å². The number of halogens is 1. The molecule has 0 unspecified atom stereocenters. The highest BCUT2D eigenvalue weighted by atomic mass is 35.5. The third kappa shape index (κ3) is 5.53. The lowest BCUT2D eigenvalue weighted by molar-refractivity contribution is -0.385. The summed E-state index contributed by atoms with van der Waals surface area (Å²) in [5.74, 6) is -0.696. The van der Waals surface area contributed by atoms with Crippen molar-refractivity contribution in [1.29, 1.82) is 0 Å². The molecule has 0 amide bonds. The first-order chi connectivity index (χ1) is 15.6. The third-order valence-electron chi connectivity index (χ3n) is 4.17. The fraction of sp³-hybridized carbons (Fsp3) is 0. The minimum Gasteiger partial charge on any atom is -0.502 e. The lowest BCUT2D eigenvalue weighted by Crippen LogP contribution is -2.13. The number of benzene rings is 3. The second-order valence-electron chi connectivity index (χ2n) is 6.40. The summed E-state index contributed by atoms with van der Waals surface area (Å²) in [7, 11) is -4.11. The van der Waals surface area contributed by atoms with Crippen LogP contribution in [0.4, 0.5) is 22.7 Å². The molecular weight excluding hydrogens is 478 g/mol. The van der Waals surface area contributed by atoms with Crippen molar-refractivity contribution in [3.63, 3.8) is 0 Å². The topological polar surface area (TPSA) is 177 Å². The summed E-state index contributed by atoms with van der Waals surface area (Å²) in [6.07, 6.45) is 0.972. The zero-order valence-corrected chi connectivity index (χ0v) is 17.9. The number of nitrogens with zero attached hydrogens (tertiary/aromatic N) is 3. The lowest BCUT2D eigenvalue weighted by atomic mass is 10.2. The number of hydrazone groups is 1. The number of nitro groups is 2. The molecule has 0 aromatic heterocycles. The Morgan fingerprint density at radius 3 is 2.27 bits per heavy atom. The van der Waals surface area contributed by atoms with Gasteiger partial charge in [-0.3, -0.25) is 30.4 Å². The first kappa shape index (κ1) is 23.4. The molecule has 0 atom stereocenters. The van der Waals surface area contributed by atoms with Gasteiger partial charge < -0.3 is 5.11 Å². The monoisotopic (exact) mass is 491 g/mol. The van der Waals surface area contributed by atoms with Crippen molar-refractivity contribution in [3.05, 3.63) is 91.5 Å². The van der Waals surface area contributed by atoms with E-state index in [0.29, 0.717) is 0 Å². The minimum atomic E-state index is -4.11. The maximum absolute atomic E-state index is 12.6. The van der Waals surface area contributed by atoms with Crippen LogP contribution in [0.3, 0.4) is 0 Å². The molecule has 0 fully saturated rings. The SMILES string of the molecule is O=[N+]([O-])c1cc(S(=O)(=O)Nc2ccccc2)ccc1NN=Cc1cc(Cl)cc([N+](=O)[O-])c1O. The maximum atomic E-state index is 12.6. The lowest BCUT2D eigenvalue weighted by Gasteiger charge is -2.09. The predicted molar refractivity (Wildman–Crippen MR) is 121 cm³/mol. The van der Waals surface area contributed by atoms with Crippen molar-refractivity contribution in [3.8, 4) is 5.75 Å². The van der Waals surface area contributed by atoms with Crippen LogP contribution in [-0.4, -0.2) is 29.6 Å². The summed E-state index contributed by atoms with van der Waals surface area (Å²) < 4.78 is 27.4. The molecule has 12 nitrogen and oxygen atoms in total. The number of aromatic hydroxyl groups is 1. The van der Waals surface area contributed by atoms with Gasteiger partial charge in [-0.2, -0.15) is 5.10 Å². The summed E-state index contributed by atoms with van der Waals surface area (Å²) >= 11 is 5.80. The minimum absolute atomic E-state index is 0.0348. The number of sulfonamides is 1. The van der Waals surface area contributed by atoms with Crippen LogP contribution in [-0.2, 0) is 10.0 Å². The molecule has 14 heteroatoms. The van der Waals surface area contributed by atoms with E-state index in [9.17, 15) is 33.8 Å². The summed E-state index contributed by atoms with van der Waals surface area (Å²) in [6.45, 7) is 0. The molecule has 0 aliphatic rings. The molecule has 3 rings (SSSR count). The Hall–Kier alpha value is -4.23.